The standard InChI is InChI=1S/C19H16S/c1-3-7-17(8-4-1)18-13-11-16(12-14-18)15-20-19-9-5-2-6-10-19/h1-14H,15H2. The minimum Gasteiger partial charge on any atom is -0.121 e. The second kappa shape index (κ2) is 6.44. The van der Waals surface area contributed by atoms with Crippen molar-refractivity contribution in [1.29, 1.82) is 0 Å². The SMILES string of the molecule is c1ccc(SCc2ccc(-c3ccccc3)cc2)cc1. The summed E-state index contributed by atoms with van der Waals surface area (Å²) in [5.74, 6) is 1.01. The molecule has 0 spiro atoms. The molecular weight excluding hydrogens is 260 g/mol. The third kappa shape index (κ3) is 3.31. The van der Waals surface area contributed by atoms with Crippen LogP contribution in [-0.2, 0) is 5.75 Å². The van der Waals surface area contributed by atoms with E-state index in [0.717, 1.165) is 5.75 Å². The summed E-state index contributed by atoms with van der Waals surface area (Å²) in [5.41, 5.74) is 3.91. The maximum atomic E-state index is 2.22. The molecule has 3 rings (SSSR count). The molecule has 0 bridgehead atoms. The fourth-order valence-electron chi connectivity index (χ4n) is 2.11. The molecule has 20 heavy (non-hydrogen) atoms. The van der Waals surface area contributed by atoms with Crippen LogP contribution >= 0.6 is 11.8 Å². The Bertz CT molecular complexity index is 642. The van der Waals surface area contributed by atoms with E-state index in [-0.39, 0.29) is 0 Å². The van der Waals surface area contributed by atoms with Crippen LogP contribution in [0.2, 0.25) is 0 Å². The molecule has 0 heterocycles. The molecule has 0 aliphatic carbocycles. The molecule has 0 atom stereocenters. The van der Waals surface area contributed by atoms with Crippen LogP contribution in [-0.4, -0.2) is 0 Å². The van der Waals surface area contributed by atoms with E-state index in [1.54, 1.807) is 0 Å². The molecule has 0 N–H and O–H groups in total. The largest absolute Gasteiger partial charge is 0.121 e. The Morgan fingerprint density at radius 2 is 1.10 bits per heavy atom. The van der Waals surface area contributed by atoms with Crippen LogP contribution in [0.25, 0.3) is 11.1 Å². The average Bonchev–Trinajstić information content (AvgIpc) is 2.55. The second-order valence-corrected chi connectivity index (χ2v) is 5.71. The van der Waals surface area contributed by atoms with Gasteiger partial charge in [-0.1, -0.05) is 72.8 Å². The van der Waals surface area contributed by atoms with Crippen molar-refractivity contribution in [2.75, 3.05) is 0 Å². The zero-order chi connectivity index (χ0) is 13.6. The number of hydrogen-bond acceptors (Lipinski definition) is 1. The van der Waals surface area contributed by atoms with Crippen molar-refractivity contribution < 1.29 is 0 Å². The smallest absolute Gasteiger partial charge is 0.0232 e. The van der Waals surface area contributed by atoms with Crippen LogP contribution in [0.4, 0.5) is 0 Å². The molecule has 0 fully saturated rings. The van der Waals surface area contributed by atoms with Crippen LogP contribution in [0.15, 0.2) is 89.8 Å². The van der Waals surface area contributed by atoms with E-state index in [1.165, 1.54) is 21.6 Å². The first-order valence-electron chi connectivity index (χ1n) is 6.74. The van der Waals surface area contributed by atoms with Gasteiger partial charge in [-0.15, -0.1) is 11.8 Å². The van der Waals surface area contributed by atoms with Crippen LogP contribution in [0.3, 0.4) is 0 Å². The zero-order valence-electron chi connectivity index (χ0n) is 11.2. The van der Waals surface area contributed by atoms with Crippen LogP contribution in [0.1, 0.15) is 5.56 Å². The van der Waals surface area contributed by atoms with Gasteiger partial charge >= 0.3 is 0 Å². The van der Waals surface area contributed by atoms with E-state index in [9.17, 15) is 0 Å². The van der Waals surface area contributed by atoms with Gasteiger partial charge < -0.3 is 0 Å². The highest BCUT2D eigenvalue weighted by molar-refractivity contribution is 7.98. The third-order valence-corrected chi connectivity index (χ3v) is 4.29. The average molecular weight is 276 g/mol. The van der Waals surface area contributed by atoms with Crippen LogP contribution in [0.5, 0.6) is 0 Å². The van der Waals surface area contributed by atoms with Gasteiger partial charge in [-0.3, -0.25) is 0 Å². The fraction of sp³-hybridized carbons (Fsp3) is 0.0526. The Morgan fingerprint density at radius 3 is 1.75 bits per heavy atom. The lowest BCUT2D eigenvalue weighted by molar-refractivity contribution is 1.38. The van der Waals surface area contributed by atoms with Gasteiger partial charge in [0, 0.05) is 10.6 Å². The van der Waals surface area contributed by atoms with E-state index in [1.807, 2.05) is 17.8 Å². The highest BCUT2D eigenvalue weighted by Crippen LogP contribution is 2.24. The number of hydrogen-bond donors (Lipinski definition) is 0. The summed E-state index contributed by atoms with van der Waals surface area (Å²) in [6.45, 7) is 0. The normalized spacial score (nSPS) is 10.4. The van der Waals surface area contributed by atoms with E-state index in [2.05, 4.69) is 78.9 Å². The fourth-order valence-corrected chi connectivity index (χ4v) is 2.98. The molecule has 98 valence electrons. The monoisotopic (exact) mass is 276 g/mol. The van der Waals surface area contributed by atoms with Gasteiger partial charge in [-0.2, -0.15) is 0 Å². The highest BCUT2D eigenvalue weighted by Gasteiger charge is 1.98. The molecule has 0 unspecified atom stereocenters. The Labute approximate surface area is 124 Å². The first-order valence-corrected chi connectivity index (χ1v) is 7.72. The summed E-state index contributed by atoms with van der Waals surface area (Å²) >= 11 is 1.88. The Morgan fingerprint density at radius 1 is 0.550 bits per heavy atom. The molecule has 0 saturated carbocycles. The van der Waals surface area contributed by atoms with Gasteiger partial charge in [0.2, 0.25) is 0 Å². The molecule has 0 saturated heterocycles. The van der Waals surface area contributed by atoms with Crippen molar-refractivity contribution in [3.05, 3.63) is 90.5 Å². The quantitative estimate of drug-likeness (QED) is 0.555. The molecule has 1 heteroatoms. The zero-order valence-corrected chi connectivity index (χ0v) is 12.0. The third-order valence-electron chi connectivity index (χ3n) is 3.21. The lowest BCUT2D eigenvalue weighted by Crippen LogP contribution is -1.82. The summed E-state index contributed by atoms with van der Waals surface area (Å²) in [6.07, 6.45) is 0. The predicted molar refractivity (Wildman–Crippen MR) is 87.9 cm³/mol. The molecule has 0 amide bonds. The van der Waals surface area contributed by atoms with E-state index in [0.29, 0.717) is 0 Å². The van der Waals surface area contributed by atoms with Gasteiger partial charge in [-0.25, -0.2) is 0 Å². The first kappa shape index (κ1) is 13.0. The molecular formula is C19H16S. The number of thioether (sulfide) groups is 1. The first-order chi connectivity index (χ1) is 9.92. The summed E-state index contributed by atoms with van der Waals surface area (Å²) in [6, 6.07) is 29.9. The van der Waals surface area contributed by atoms with Crippen molar-refractivity contribution in [3.63, 3.8) is 0 Å². The second-order valence-electron chi connectivity index (χ2n) is 4.66. The predicted octanol–water partition coefficient (Wildman–Crippen LogP) is 5.65. The molecule has 3 aromatic rings. The van der Waals surface area contributed by atoms with E-state index >= 15 is 0 Å². The lowest BCUT2D eigenvalue weighted by atomic mass is 10.0. The van der Waals surface area contributed by atoms with Gasteiger partial charge in [-0.05, 0) is 28.8 Å². The molecule has 0 aromatic heterocycles. The summed E-state index contributed by atoms with van der Waals surface area (Å²) in [5, 5.41) is 0. The minimum absolute atomic E-state index is 1.01. The highest BCUT2D eigenvalue weighted by atomic mass is 32.2. The maximum Gasteiger partial charge on any atom is 0.0232 e. The van der Waals surface area contributed by atoms with E-state index in [4.69, 9.17) is 0 Å². The summed E-state index contributed by atoms with van der Waals surface area (Å²) in [7, 11) is 0. The maximum absolute atomic E-state index is 2.22. The van der Waals surface area contributed by atoms with Crippen molar-refractivity contribution in [3.8, 4) is 11.1 Å². The van der Waals surface area contributed by atoms with Crippen molar-refractivity contribution in [1.82, 2.24) is 0 Å². The minimum atomic E-state index is 1.01. The van der Waals surface area contributed by atoms with Crippen LogP contribution in [0, 0.1) is 0 Å². The van der Waals surface area contributed by atoms with Gasteiger partial charge in [0.15, 0.2) is 0 Å². The summed E-state index contributed by atoms with van der Waals surface area (Å²) < 4.78 is 0. The Kier molecular flexibility index (Phi) is 4.19. The van der Waals surface area contributed by atoms with Gasteiger partial charge in [0.1, 0.15) is 0 Å². The Balaban J connectivity index is 1.68. The Hall–Kier alpha value is -1.99. The van der Waals surface area contributed by atoms with E-state index < -0.39 is 0 Å². The molecule has 3 aromatic carbocycles. The summed E-state index contributed by atoms with van der Waals surface area (Å²) in [4.78, 5) is 1.32. The molecule has 0 aliphatic heterocycles. The number of benzene rings is 3. The molecule has 0 radical (unpaired) electrons. The number of rotatable bonds is 4. The molecule has 0 aliphatic rings. The van der Waals surface area contributed by atoms with Crippen LogP contribution < -0.4 is 0 Å². The molecule has 0 nitrogen and oxygen atoms in total. The van der Waals surface area contributed by atoms with Gasteiger partial charge in [0.05, 0.1) is 0 Å². The van der Waals surface area contributed by atoms with Crippen molar-refractivity contribution in [2.24, 2.45) is 0 Å². The van der Waals surface area contributed by atoms with Gasteiger partial charge in [0.25, 0.3) is 0 Å². The van der Waals surface area contributed by atoms with Crippen molar-refractivity contribution in [2.45, 2.75) is 10.6 Å². The van der Waals surface area contributed by atoms with Crippen molar-refractivity contribution >= 4 is 11.8 Å². The lowest BCUT2D eigenvalue weighted by Gasteiger charge is -2.05. The topological polar surface area (TPSA) is 0 Å².